The number of nitrogens with zero attached hydrogens (tertiary/aromatic N) is 3. The Morgan fingerprint density at radius 3 is 2.57 bits per heavy atom. The summed E-state index contributed by atoms with van der Waals surface area (Å²) in [5.41, 5.74) is -0.0567. The lowest BCUT2D eigenvalue weighted by atomic mass is 9.97. The van der Waals surface area contributed by atoms with Gasteiger partial charge in [0, 0.05) is 12.6 Å². The summed E-state index contributed by atoms with van der Waals surface area (Å²) in [7, 11) is 0. The molecule has 0 unspecified atom stereocenters. The Morgan fingerprint density at radius 1 is 1.29 bits per heavy atom. The van der Waals surface area contributed by atoms with E-state index in [2.05, 4.69) is 20.6 Å². The minimum Gasteiger partial charge on any atom is -0.361 e. The van der Waals surface area contributed by atoms with Crippen molar-refractivity contribution in [1.82, 2.24) is 9.97 Å². The predicted molar refractivity (Wildman–Crippen MR) is 82.6 cm³/mol. The van der Waals surface area contributed by atoms with Gasteiger partial charge in [0.25, 0.3) is 0 Å². The highest BCUT2D eigenvalue weighted by molar-refractivity contribution is 5.57. The van der Waals surface area contributed by atoms with Crippen LogP contribution in [0.2, 0.25) is 0 Å². The highest BCUT2D eigenvalue weighted by Gasteiger charge is 2.20. The zero-order valence-corrected chi connectivity index (χ0v) is 12.5. The monoisotopic (exact) mass is 293 g/mol. The van der Waals surface area contributed by atoms with E-state index in [1.54, 1.807) is 0 Å². The fraction of sp³-hybridized carbons (Fsp3) is 0.714. The second-order valence-corrected chi connectivity index (χ2v) is 5.40. The van der Waals surface area contributed by atoms with Crippen molar-refractivity contribution in [1.29, 1.82) is 0 Å². The number of hydrogen-bond donors (Lipinski definition) is 2. The zero-order chi connectivity index (χ0) is 15.1. The van der Waals surface area contributed by atoms with Crippen LogP contribution >= 0.6 is 0 Å². The Morgan fingerprint density at radius 2 is 1.95 bits per heavy atom. The van der Waals surface area contributed by atoms with Crippen LogP contribution in [0.3, 0.4) is 0 Å². The molecule has 7 heteroatoms. The molecular weight excluding hydrogens is 270 g/mol. The fourth-order valence-corrected chi connectivity index (χ4v) is 2.65. The average Bonchev–Trinajstić information content (AvgIpc) is 2.42. The van der Waals surface area contributed by atoms with Crippen LogP contribution in [0.25, 0.3) is 0 Å². The molecule has 1 aromatic rings. The topological polar surface area (TPSA) is 93.0 Å². The third kappa shape index (κ3) is 4.54. The van der Waals surface area contributed by atoms with Crippen molar-refractivity contribution in [2.24, 2.45) is 0 Å². The summed E-state index contributed by atoms with van der Waals surface area (Å²) in [6, 6.07) is 0.258. The molecule has 21 heavy (non-hydrogen) atoms. The van der Waals surface area contributed by atoms with Crippen LogP contribution in [0.5, 0.6) is 0 Å². The molecule has 0 aromatic carbocycles. The Kier molecular flexibility index (Phi) is 5.71. The Hall–Kier alpha value is -1.92. The molecular formula is C14H23N5O2. The smallest absolute Gasteiger partial charge is 0.329 e. The largest absolute Gasteiger partial charge is 0.361 e. The SMILES string of the molecule is CCNc1ncc([N+](=O)[O-])c(NC2CCCCCCC2)n1. The maximum atomic E-state index is 11.1. The molecule has 116 valence electrons. The van der Waals surface area contributed by atoms with E-state index in [4.69, 9.17) is 0 Å². The van der Waals surface area contributed by atoms with Gasteiger partial charge in [-0.05, 0) is 19.8 Å². The van der Waals surface area contributed by atoms with Gasteiger partial charge in [-0.2, -0.15) is 4.98 Å². The third-order valence-corrected chi connectivity index (χ3v) is 3.75. The first-order chi connectivity index (χ1) is 10.2. The van der Waals surface area contributed by atoms with E-state index < -0.39 is 4.92 Å². The molecule has 0 amide bonds. The van der Waals surface area contributed by atoms with Gasteiger partial charge in [0.2, 0.25) is 11.8 Å². The lowest BCUT2D eigenvalue weighted by Gasteiger charge is -2.21. The summed E-state index contributed by atoms with van der Waals surface area (Å²) in [5, 5.41) is 17.4. The van der Waals surface area contributed by atoms with Crippen molar-refractivity contribution in [2.75, 3.05) is 17.2 Å². The van der Waals surface area contributed by atoms with E-state index in [0.29, 0.717) is 18.3 Å². The van der Waals surface area contributed by atoms with Crippen molar-refractivity contribution in [3.8, 4) is 0 Å². The Bertz CT molecular complexity index is 472. The number of hydrogen-bond acceptors (Lipinski definition) is 6. The van der Waals surface area contributed by atoms with Crippen LogP contribution in [0, 0.1) is 10.1 Å². The molecule has 1 aromatic heterocycles. The lowest BCUT2D eigenvalue weighted by molar-refractivity contribution is -0.384. The zero-order valence-electron chi connectivity index (χ0n) is 12.5. The van der Waals surface area contributed by atoms with Crippen molar-refractivity contribution in [3.63, 3.8) is 0 Å². The number of aromatic nitrogens is 2. The van der Waals surface area contributed by atoms with E-state index in [0.717, 1.165) is 25.7 Å². The van der Waals surface area contributed by atoms with Crippen LogP contribution in [-0.2, 0) is 0 Å². The van der Waals surface area contributed by atoms with Crippen LogP contribution < -0.4 is 10.6 Å². The van der Waals surface area contributed by atoms with E-state index in [-0.39, 0.29) is 11.7 Å². The summed E-state index contributed by atoms with van der Waals surface area (Å²) in [5.74, 6) is 0.757. The molecule has 0 saturated heterocycles. The molecule has 7 nitrogen and oxygen atoms in total. The molecule has 0 atom stereocenters. The van der Waals surface area contributed by atoms with E-state index in [1.165, 1.54) is 25.5 Å². The van der Waals surface area contributed by atoms with Gasteiger partial charge in [0.1, 0.15) is 6.20 Å². The van der Waals surface area contributed by atoms with Gasteiger partial charge in [0.15, 0.2) is 0 Å². The van der Waals surface area contributed by atoms with Crippen molar-refractivity contribution < 1.29 is 4.92 Å². The standard InChI is InChI=1S/C14H23N5O2/c1-2-15-14-16-10-12(19(20)21)13(18-14)17-11-8-6-4-3-5-7-9-11/h10-11H,2-9H2,1H3,(H2,15,16,17,18). The minimum absolute atomic E-state index is 0.0567. The van der Waals surface area contributed by atoms with E-state index in [9.17, 15) is 10.1 Å². The molecule has 2 N–H and O–H groups in total. The van der Waals surface area contributed by atoms with E-state index in [1.807, 2.05) is 6.92 Å². The van der Waals surface area contributed by atoms with E-state index >= 15 is 0 Å². The second-order valence-electron chi connectivity index (χ2n) is 5.40. The van der Waals surface area contributed by atoms with Crippen LogP contribution in [0.4, 0.5) is 17.5 Å². The highest BCUT2D eigenvalue weighted by Crippen LogP contribution is 2.26. The summed E-state index contributed by atoms with van der Waals surface area (Å²) in [4.78, 5) is 18.9. The molecule has 1 fully saturated rings. The molecule has 1 heterocycles. The van der Waals surface area contributed by atoms with Crippen molar-refractivity contribution >= 4 is 17.5 Å². The van der Waals surface area contributed by atoms with Crippen LogP contribution in [0.15, 0.2) is 6.20 Å². The van der Waals surface area contributed by atoms with Crippen molar-refractivity contribution in [2.45, 2.75) is 57.9 Å². The number of anilines is 2. The molecule has 2 rings (SSSR count). The number of nitrogens with one attached hydrogen (secondary N) is 2. The van der Waals surface area contributed by atoms with Gasteiger partial charge in [-0.3, -0.25) is 10.1 Å². The van der Waals surface area contributed by atoms with Gasteiger partial charge in [-0.15, -0.1) is 0 Å². The summed E-state index contributed by atoms with van der Waals surface area (Å²) < 4.78 is 0. The minimum atomic E-state index is -0.430. The van der Waals surface area contributed by atoms with Crippen LogP contribution in [0.1, 0.15) is 51.9 Å². The van der Waals surface area contributed by atoms with Crippen LogP contribution in [-0.4, -0.2) is 27.5 Å². The summed E-state index contributed by atoms with van der Waals surface area (Å²) in [6.45, 7) is 2.62. The Labute approximate surface area is 124 Å². The molecule has 0 spiro atoms. The van der Waals surface area contributed by atoms with Gasteiger partial charge in [-0.25, -0.2) is 4.98 Å². The first kappa shape index (κ1) is 15.5. The van der Waals surface area contributed by atoms with Crippen molar-refractivity contribution in [3.05, 3.63) is 16.3 Å². The summed E-state index contributed by atoms with van der Waals surface area (Å²) in [6.07, 6.45) is 9.46. The fourth-order valence-electron chi connectivity index (χ4n) is 2.65. The molecule has 0 aliphatic heterocycles. The molecule has 1 aliphatic carbocycles. The van der Waals surface area contributed by atoms with Gasteiger partial charge in [0.05, 0.1) is 4.92 Å². The molecule has 0 bridgehead atoms. The molecule has 0 radical (unpaired) electrons. The first-order valence-electron chi connectivity index (χ1n) is 7.72. The Balaban J connectivity index is 2.14. The van der Waals surface area contributed by atoms with Gasteiger partial charge >= 0.3 is 5.69 Å². The number of rotatable bonds is 5. The highest BCUT2D eigenvalue weighted by atomic mass is 16.6. The lowest BCUT2D eigenvalue weighted by Crippen LogP contribution is -2.22. The van der Waals surface area contributed by atoms with Gasteiger partial charge in [-0.1, -0.05) is 32.1 Å². The average molecular weight is 293 g/mol. The second kappa shape index (κ2) is 7.75. The maximum absolute atomic E-state index is 11.1. The normalized spacial score (nSPS) is 16.8. The number of nitro groups is 1. The first-order valence-corrected chi connectivity index (χ1v) is 7.72. The predicted octanol–water partition coefficient (Wildman–Crippen LogP) is 3.34. The van der Waals surface area contributed by atoms with Gasteiger partial charge < -0.3 is 10.6 Å². The molecule has 1 saturated carbocycles. The molecule has 1 aliphatic rings. The maximum Gasteiger partial charge on any atom is 0.329 e. The quantitative estimate of drug-likeness (QED) is 0.639. The third-order valence-electron chi connectivity index (χ3n) is 3.75. The summed E-state index contributed by atoms with van der Waals surface area (Å²) >= 11 is 0.